The first-order chi connectivity index (χ1) is 8.15. The number of hydrogen-bond donors (Lipinski definition) is 2. The largest absolute Gasteiger partial charge is 0.505 e. The second kappa shape index (κ2) is 4.58. The third kappa shape index (κ3) is 2.03. The summed E-state index contributed by atoms with van der Waals surface area (Å²) in [7, 11) is 0. The van der Waals surface area contributed by atoms with Gasteiger partial charge in [-0.2, -0.15) is 0 Å². The number of nitrogens with two attached hydrogens (primary N) is 1. The van der Waals surface area contributed by atoms with Crippen LogP contribution in [0.2, 0.25) is 0 Å². The molecule has 1 aliphatic heterocycles. The molecule has 0 saturated heterocycles. The minimum absolute atomic E-state index is 0.0177. The number of carbonyl (C=O) groups excluding carboxylic acids is 1. The molecule has 6 heteroatoms. The predicted molar refractivity (Wildman–Crippen MR) is 57.1 cm³/mol. The van der Waals surface area contributed by atoms with Crippen molar-refractivity contribution in [2.24, 2.45) is 5.73 Å². The molecule has 1 aliphatic rings. The zero-order chi connectivity index (χ0) is 12.4. The van der Waals surface area contributed by atoms with Crippen LogP contribution in [0, 0.1) is 5.82 Å². The molecule has 0 unspecified atom stereocenters. The number of benzene rings is 1. The Hall–Kier alpha value is -1.82. The summed E-state index contributed by atoms with van der Waals surface area (Å²) in [4.78, 5) is 11.7. The Morgan fingerprint density at radius 2 is 2.18 bits per heavy atom. The summed E-state index contributed by atoms with van der Waals surface area (Å²) in [5.74, 6) is -1.91. The van der Waals surface area contributed by atoms with E-state index in [2.05, 4.69) is 0 Å². The highest BCUT2D eigenvalue weighted by molar-refractivity contribution is 6.00. The van der Waals surface area contributed by atoms with E-state index in [1.807, 2.05) is 0 Å². The van der Waals surface area contributed by atoms with Crippen molar-refractivity contribution in [1.82, 2.24) is 0 Å². The average Bonchev–Trinajstić information content (AvgIpc) is 2.31. The molecular formula is C11H12FNO4. The van der Waals surface area contributed by atoms with E-state index in [-0.39, 0.29) is 36.6 Å². The van der Waals surface area contributed by atoms with Crippen LogP contribution < -0.4 is 15.2 Å². The first-order valence-electron chi connectivity index (χ1n) is 5.19. The number of carbonyl (C=O) groups is 1. The van der Waals surface area contributed by atoms with Gasteiger partial charge in [-0.1, -0.05) is 0 Å². The molecule has 2 rings (SSSR count). The number of Topliss-reactive ketones (excluding diaryl/α,β-unsaturated/α-hetero) is 1. The van der Waals surface area contributed by atoms with E-state index >= 15 is 0 Å². The zero-order valence-corrected chi connectivity index (χ0v) is 9.03. The standard InChI is InChI=1S/C11H12FNO4/c12-10-7(15)5-8-11(17-4-3-16-8)9(10)6(14)1-2-13/h5,15H,1-4,13H2. The number of ether oxygens (including phenoxy) is 2. The summed E-state index contributed by atoms with van der Waals surface area (Å²) in [5, 5.41) is 9.38. The first kappa shape index (κ1) is 11.7. The third-order valence-electron chi connectivity index (χ3n) is 2.40. The van der Waals surface area contributed by atoms with Gasteiger partial charge in [-0.05, 0) is 6.54 Å². The van der Waals surface area contributed by atoms with Gasteiger partial charge in [0.1, 0.15) is 18.8 Å². The lowest BCUT2D eigenvalue weighted by molar-refractivity contribution is 0.0967. The van der Waals surface area contributed by atoms with E-state index < -0.39 is 17.3 Å². The van der Waals surface area contributed by atoms with E-state index in [0.717, 1.165) is 6.07 Å². The van der Waals surface area contributed by atoms with E-state index in [9.17, 15) is 14.3 Å². The molecular weight excluding hydrogens is 229 g/mol. The second-order valence-electron chi connectivity index (χ2n) is 3.57. The highest BCUT2D eigenvalue weighted by Crippen LogP contribution is 2.40. The highest BCUT2D eigenvalue weighted by Gasteiger charge is 2.27. The van der Waals surface area contributed by atoms with Crippen LogP contribution in [0.4, 0.5) is 4.39 Å². The Labute approximate surface area is 96.9 Å². The van der Waals surface area contributed by atoms with E-state index in [1.165, 1.54) is 0 Å². The Morgan fingerprint density at radius 3 is 2.88 bits per heavy atom. The van der Waals surface area contributed by atoms with Gasteiger partial charge >= 0.3 is 0 Å². The molecule has 1 aromatic rings. The maximum Gasteiger partial charge on any atom is 0.179 e. The molecule has 0 aromatic heterocycles. The van der Waals surface area contributed by atoms with Gasteiger partial charge in [-0.25, -0.2) is 4.39 Å². The fourth-order valence-corrected chi connectivity index (χ4v) is 1.66. The monoisotopic (exact) mass is 241 g/mol. The van der Waals surface area contributed by atoms with Gasteiger partial charge < -0.3 is 20.3 Å². The summed E-state index contributed by atoms with van der Waals surface area (Å²) in [5.41, 5.74) is 4.97. The summed E-state index contributed by atoms with van der Waals surface area (Å²) in [6, 6.07) is 1.10. The lowest BCUT2D eigenvalue weighted by atomic mass is 10.0. The summed E-state index contributed by atoms with van der Waals surface area (Å²) < 4.78 is 24.1. The number of halogens is 1. The van der Waals surface area contributed by atoms with Gasteiger partial charge in [0.15, 0.2) is 28.8 Å². The number of aromatic hydroxyl groups is 1. The summed E-state index contributed by atoms with van der Waals surface area (Å²) >= 11 is 0. The summed E-state index contributed by atoms with van der Waals surface area (Å²) in [6.45, 7) is 0.631. The van der Waals surface area contributed by atoms with Crippen molar-refractivity contribution < 1.29 is 23.8 Å². The smallest absolute Gasteiger partial charge is 0.179 e. The molecule has 0 amide bonds. The van der Waals surface area contributed by atoms with Crippen LogP contribution in [0.5, 0.6) is 17.2 Å². The molecule has 0 atom stereocenters. The molecule has 3 N–H and O–H groups in total. The Bertz CT molecular complexity index is 461. The lowest BCUT2D eigenvalue weighted by Gasteiger charge is -2.21. The van der Waals surface area contributed by atoms with Gasteiger partial charge in [0.2, 0.25) is 0 Å². The maximum atomic E-state index is 13.7. The number of fused-ring (bicyclic) bond motifs is 1. The molecule has 1 aromatic carbocycles. The first-order valence-corrected chi connectivity index (χ1v) is 5.19. The number of hydrogen-bond acceptors (Lipinski definition) is 5. The molecule has 1 heterocycles. The second-order valence-corrected chi connectivity index (χ2v) is 3.57. The van der Waals surface area contributed by atoms with Crippen LogP contribution >= 0.6 is 0 Å². The molecule has 92 valence electrons. The Morgan fingerprint density at radius 1 is 1.47 bits per heavy atom. The SMILES string of the molecule is NCCC(=O)c1c(F)c(O)cc2c1OCCO2. The van der Waals surface area contributed by atoms with Crippen LogP contribution in [0.1, 0.15) is 16.8 Å². The van der Waals surface area contributed by atoms with Crippen LogP contribution in [0.25, 0.3) is 0 Å². The molecule has 17 heavy (non-hydrogen) atoms. The number of ketones is 1. The van der Waals surface area contributed by atoms with Crippen molar-refractivity contribution in [3.8, 4) is 17.2 Å². The van der Waals surface area contributed by atoms with Gasteiger partial charge in [-0.3, -0.25) is 4.79 Å². The highest BCUT2D eigenvalue weighted by atomic mass is 19.1. The van der Waals surface area contributed by atoms with Crippen molar-refractivity contribution in [3.05, 3.63) is 17.4 Å². The zero-order valence-electron chi connectivity index (χ0n) is 9.03. The van der Waals surface area contributed by atoms with Crippen molar-refractivity contribution >= 4 is 5.78 Å². The fraction of sp³-hybridized carbons (Fsp3) is 0.364. The average molecular weight is 241 g/mol. The Balaban J connectivity index is 2.54. The number of phenolic OH excluding ortho intramolecular Hbond substituents is 1. The fourth-order valence-electron chi connectivity index (χ4n) is 1.66. The quantitative estimate of drug-likeness (QED) is 0.766. The molecule has 0 spiro atoms. The van der Waals surface area contributed by atoms with E-state index in [0.29, 0.717) is 6.61 Å². The van der Waals surface area contributed by atoms with Crippen LogP contribution in [-0.4, -0.2) is 30.6 Å². The summed E-state index contributed by atoms with van der Waals surface area (Å²) in [6.07, 6.45) is -0.0177. The molecule has 0 fully saturated rings. The van der Waals surface area contributed by atoms with E-state index in [1.54, 1.807) is 0 Å². The van der Waals surface area contributed by atoms with Crippen LogP contribution in [0.3, 0.4) is 0 Å². The molecule has 0 aliphatic carbocycles. The molecule has 0 radical (unpaired) electrons. The minimum Gasteiger partial charge on any atom is -0.505 e. The van der Waals surface area contributed by atoms with Crippen LogP contribution in [-0.2, 0) is 0 Å². The van der Waals surface area contributed by atoms with Crippen molar-refractivity contribution in [2.45, 2.75) is 6.42 Å². The maximum absolute atomic E-state index is 13.7. The number of phenols is 1. The third-order valence-corrected chi connectivity index (χ3v) is 2.40. The van der Waals surface area contributed by atoms with Crippen LogP contribution in [0.15, 0.2) is 6.07 Å². The molecule has 5 nitrogen and oxygen atoms in total. The molecule has 0 bridgehead atoms. The normalized spacial score (nSPS) is 13.5. The van der Waals surface area contributed by atoms with Crippen molar-refractivity contribution in [3.63, 3.8) is 0 Å². The van der Waals surface area contributed by atoms with E-state index in [4.69, 9.17) is 15.2 Å². The predicted octanol–water partition coefficient (Wildman–Crippen LogP) is 0.834. The van der Waals surface area contributed by atoms with Crippen molar-refractivity contribution in [2.75, 3.05) is 19.8 Å². The van der Waals surface area contributed by atoms with Gasteiger partial charge in [0.25, 0.3) is 0 Å². The minimum atomic E-state index is -0.993. The van der Waals surface area contributed by atoms with Crippen molar-refractivity contribution in [1.29, 1.82) is 0 Å². The van der Waals surface area contributed by atoms with Gasteiger partial charge in [0.05, 0.1) is 0 Å². The Kier molecular flexibility index (Phi) is 3.14. The number of rotatable bonds is 3. The lowest BCUT2D eigenvalue weighted by Crippen LogP contribution is -2.19. The topological polar surface area (TPSA) is 81.8 Å². The van der Waals surface area contributed by atoms with Gasteiger partial charge in [-0.15, -0.1) is 0 Å². The molecule has 0 saturated carbocycles. The van der Waals surface area contributed by atoms with Gasteiger partial charge in [0, 0.05) is 12.5 Å².